The van der Waals surface area contributed by atoms with Crippen molar-refractivity contribution in [1.82, 2.24) is 9.55 Å². The molecule has 0 spiro atoms. The number of benzene rings is 2. The van der Waals surface area contributed by atoms with E-state index < -0.39 is 0 Å². The van der Waals surface area contributed by atoms with Gasteiger partial charge in [0.05, 0.1) is 16.1 Å². The molecule has 4 heteroatoms. The first-order valence-corrected chi connectivity index (χ1v) is 7.37. The van der Waals surface area contributed by atoms with Gasteiger partial charge >= 0.3 is 0 Å². The maximum absolute atomic E-state index is 6.33. The quantitative estimate of drug-likeness (QED) is 0.631. The fraction of sp³-hybridized carbons (Fsp3) is 0.188. The van der Waals surface area contributed by atoms with Gasteiger partial charge in [-0.15, -0.1) is 0 Å². The maximum atomic E-state index is 6.33. The molecule has 0 atom stereocenters. The van der Waals surface area contributed by atoms with E-state index in [0.29, 0.717) is 10.0 Å². The number of fused-ring (bicyclic) bond motifs is 1. The van der Waals surface area contributed by atoms with Crippen molar-refractivity contribution >= 4 is 34.2 Å². The van der Waals surface area contributed by atoms with E-state index in [0.717, 1.165) is 35.4 Å². The molecule has 0 fully saturated rings. The van der Waals surface area contributed by atoms with Crippen molar-refractivity contribution in [2.24, 2.45) is 0 Å². The van der Waals surface area contributed by atoms with Crippen LogP contribution in [0, 0.1) is 0 Å². The van der Waals surface area contributed by atoms with Gasteiger partial charge in [-0.2, -0.15) is 0 Å². The predicted molar refractivity (Wildman–Crippen MR) is 85.5 cm³/mol. The summed E-state index contributed by atoms with van der Waals surface area (Å²) in [4.78, 5) is 4.73. The number of hydrogen-bond donors (Lipinski definition) is 0. The maximum Gasteiger partial charge on any atom is 0.142 e. The van der Waals surface area contributed by atoms with Crippen molar-refractivity contribution in [3.8, 4) is 11.4 Å². The summed E-state index contributed by atoms with van der Waals surface area (Å²) in [6.45, 7) is 3.07. The third-order valence-electron chi connectivity index (χ3n) is 3.27. The summed E-state index contributed by atoms with van der Waals surface area (Å²) in [6, 6.07) is 13.7. The molecule has 2 aromatic carbocycles. The van der Waals surface area contributed by atoms with Gasteiger partial charge in [-0.25, -0.2) is 4.98 Å². The Balaban J connectivity index is 2.26. The van der Waals surface area contributed by atoms with Gasteiger partial charge in [-0.1, -0.05) is 42.3 Å². The zero-order chi connectivity index (χ0) is 14.1. The molecule has 0 aliphatic heterocycles. The Hall–Kier alpha value is -1.51. The Kier molecular flexibility index (Phi) is 3.68. The van der Waals surface area contributed by atoms with Gasteiger partial charge in [0.1, 0.15) is 5.82 Å². The van der Waals surface area contributed by atoms with Crippen molar-refractivity contribution in [3.63, 3.8) is 0 Å². The van der Waals surface area contributed by atoms with Crippen molar-refractivity contribution in [2.45, 2.75) is 19.9 Å². The Morgan fingerprint density at radius 1 is 1.10 bits per heavy atom. The van der Waals surface area contributed by atoms with E-state index in [-0.39, 0.29) is 0 Å². The number of hydrogen-bond acceptors (Lipinski definition) is 1. The molecule has 0 N–H and O–H groups in total. The van der Waals surface area contributed by atoms with Crippen LogP contribution < -0.4 is 0 Å². The summed E-state index contributed by atoms with van der Waals surface area (Å²) in [5.41, 5.74) is 3.04. The summed E-state index contributed by atoms with van der Waals surface area (Å²) in [6.07, 6.45) is 1.04. The molecule has 0 aliphatic rings. The minimum Gasteiger partial charge on any atom is -0.324 e. The molecule has 2 nitrogen and oxygen atoms in total. The Morgan fingerprint density at radius 2 is 1.90 bits per heavy atom. The highest BCUT2D eigenvalue weighted by Gasteiger charge is 2.14. The van der Waals surface area contributed by atoms with Crippen LogP contribution in [-0.2, 0) is 6.54 Å². The second-order valence-electron chi connectivity index (χ2n) is 4.70. The van der Waals surface area contributed by atoms with Crippen molar-refractivity contribution in [2.75, 3.05) is 0 Å². The average Bonchev–Trinajstić information content (AvgIpc) is 2.78. The number of aryl methyl sites for hydroxylation is 1. The predicted octanol–water partition coefficient (Wildman–Crippen LogP) is 5.42. The summed E-state index contributed by atoms with van der Waals surface area (Å²) >= 11 is 12.3. The van der Waals surface area contributed by atoms with Gasteiger partial charge in [0.15, 0.2) is 0 Å². The number of nitrogens with zero attached hydrogens (tertiary/aromatic N) is 2. The lowest BCUT2D eigenvalue weighted by Crippen LogP contribution is -2.00. The highest BCUT2D eigenvalue weighted by Crippen LogP contribution is 2.32. The number of para-hydroxylation sites is 2. The number of imidazole rings is 1. The van der Waals surface area contributed by atoms with Gasteiger partial charge in [0.25, 0.3) is 0 Å². The molecule has 0 amide bonds. The normalized spacial score (nSPS) is 11.2. The van der Waals surface area contributed by atoms with Crippen molar-refractivity contribution in [1.29, 1.82) is 0 Å². The molecule has 0 unspecified atom stereocenters. The summed E-state index contributed by atoms with van der Waals surface area (Å²) in [7, 11) is 0. The van der Waals surface area contributed by atoms with Crippen LogP contribution in [0.3, 0.4) is 0 Å². The summed E-state index contributed by atoms with van der Waals surface area (Å²) in [5.74, 6) is 0.898. The lowest BCUT2D eigenvalue weighted by molar-refractivity contribution is 0.704. The molecule has 0 aliphatic carbocycles. The van der Waals surface area contributed by atoms with Gasteiger partial charge in [0, 0.05) is 17.1 Å². The Morgan fingerprint density at radius 3 is 2.65 bits per heavy atom. The number of halogens is 2. The molecule has 0 saturated carbocycles. The SMILES string of the molecule is CCCn1c(-c2ccc(Cl)cc2Cl)nc2ccccc21. The standard InChI is InChI=1S/C16H14Cl2N2/c1-2-9-20-15-6-4-3-5-14(15)19-16(20)12-8-7-11(17)10-13(12)18/h3-8,10H,2,9H2,1H3. The third kappa shape index (κ3) is 2.30. The van der Waals surface area contributed by atoms with Crippen LogP contribution in [0.5, 0.6) is 0 Å². The van der Waals surface area contributed by atoms with Crippen molar-refractivity contribution < 1.29 is 0 Å². The van der Waals surface area contributed by atoms with Gasteiger partial charge in [-0.05, 0) is 36.8 Å². The Labute approximate surface area is 128 Å². The van der Waals surface area contributed by atoms with Crippen LogP contribution >= 0.6 is 23.2 Å². The largest absolute Gasteiger partial charge is 0.324 e. The van der Waals surface area contributed by atoms with Crippen LogP contribution in [0.1, 0.15) is 13.3 Å². The second-order valence-corrected chi connectivity index (χ2v) is 5.54. The second kappa shape index (κ2) is 5.47. The minimum atomic E-state index is 0.630. The molecule has 102 valence electrons. The third-order valence-corrected chi connectivity index (χ3v) is 3.82. The van der Waals surface area contributed by atoms with Gasteiger partial charge in [0.2, 0.25) is 0 Å². The van der Waals surface area contributed by atoms with Gasteiger partial charge in [-0.3, -0.25) is 0 Å². The molecular weight excluding hydrogens is 291 g/mol. The minimum absolute atomic E-state index is 0.630. The molecule has 20 heavy (non-hydrogen) atoms. The lowest BCUT2D eigenvalue weighted by atomic mass is 10.2. The summed E-state index contributed by atoms with van der Waals surface area (Å²) in [5, 5.41) is 1.27. The van der Waals surface area contributed by atoms with Crippen LogP contribution in [0.4, 0.5) is 0 Å². The number of rotatable bonds is 3. The Bertz CT molecular complexity index is 762. The smallest absolute Gasteiger partial charge is 0.142 e. The molecular formula is C16H14Cl2N2. The zero-order valence-corrected chi connectivity index (χ0v) is 12.6. The summed E-state index contributed by atoms with van der Waals surface area (Å²) < 4.78 is 2.21. The first-order chi connectivity index (χ1) is 9.70. The lowest BCUT2D eigenvalue weighted by Gasteiger charge is -2.09. The molecule has 1 aromatic heterocycles. The molecule has 3 rings (SSSR count). The van der Waals surface area contributed by atoms with E-state index in [9.17, 15) is 0 Å². The first kappa shape index (κ1) is 13.5. The van der Waals surface area contributed by atoms with E-state index in [1.807, 2.05) is 30.3 Å². The molecule has 1 heterocycles. The average molecular weight is 305 g/mol. The van der Waals surface area contributed by atoms with E-state index in [2.05, 4.69) is 17.6 Å². The highest BCUT2D eigenvalue weighted by molar-refractivity contribution is 6.36. The monoisotopic (exact) mass is 304 g/mol. The first-order valence-electron chi connectivity index (χ1n) is 6.61. The van der Waals surface area contributed by atoms with Gasteiger partial charge < -0.3 is 4.57 Å². The molecule has 0 radical (unpaired) electrons. The van der Waals surface area contributed by atoms with Crippen LogP contribution in [0.25, 0.3) is 22.4 Å². The van der Waals surface area contributed by atoms with E-state index in [1.165, 1.54) is 0 Å². The molecule has 3 aromatic rings. The van der Waals surface area contributed by atoms with Crippen molar-refractivity contribution in [3.05, 3.63) is 52.5 Å². The topological polar surface area (TPSA) is 17.8 Å². The van der Waals surface area contributed by atoms with E-state index in [4.69, 9.17) is 28.2 Å². The fourth-order valence-corrected chi connectivity index (χ4v) is 2.89. The molecule has 0 saturated heterocycles. The number of aromatic nitrogens is 2. The van der Waals surface area contributed by atoms with Crippen LogP contribution in [0.2, 0.25) is 10.0 Å². The zero-order valence-electron chi connectivity index (χ0n) is 11.1. The van der Waals surface area contributed by atoms with Crippen LogP contribution in [0.15, 0.2) is 42.5 Å². The molecule has 0 bridgehead atoms. The highest BCUT2D eigenvalue weighted by atomic mass is 35.5. The van der Waals surface area contributed by atoms with E-state index in [1.54, 1.807) is 6.07 Å². The fourth-order valence-electron chi connectivity index (χ4n) is 2.40. The van der Waals surface area contributed by atoms with E-state index >= 15 is 0 Å². The van der Waals surface area contributed by atoms with Crippen LogP contribution in [-0.4, -0.2) is 9.55 Å².